The monoisotopic (exact) mass is 502 g/mol. The maximum absolute atomic E-state index is 13.2. The van der Waals surface area contributed by atoms with Crippen molar-refractivity contribution in [2.24, 2.45) is 0 Å². The number of ether oxygens (including phenoxy) is 1. The molecule has 0 aliphatic carbocycles. The van der Waals surface area contributed by atoms with Crippen LogP contribution in [-0.4, -0.2) is 49.1 Å². The van der Waals surface area contributed by atoms with Crippen molar-refractivity contribution in [1.82, 2.24) is 9.80 Å². The van der Waals surface area contributed by atoms with Gasteiger partial charge >= 0.3 is 12.4 Å². The molecule has 35 heavy (non-hydrogen) atoms. The number of piperidine rings is 1. The second-order valence-corrected chi connectivity index (χ2v) is 9.03. The second-order valence-electron chi connectivity index (χ2n) is 9.03. The van der Waals surface area contributed by atoms with Gasteiger partial charge in [-0.3, -0.25) is 9.69 Å². The lowest BCUT2D eigenvalue weighted by Gasteiger charge is -2.43. The average Bonchev–Trinajstić information content (AvgIpc) is 2.79. The topological polar surface area (TPSA) is 32.8 Å². The number of likely N-dealkylation sites (tertiary alicyclic amines) is 1. The molecule has 0 radical (unpaired) electrons. The first-order chi connectivity index (χ1) is 16.3. The van der Waals surface area contributed by atoms with E-state index in [1.807, 2.05) is 30.3 Å². The molecule has 1 heterocycles. The van der Waals surface area contributed by atoms with Gasteiger partial charge in [-0.15, -0.1) is 0 Å². The number of nitrogens with zero attached hydrogens (tertiary/aromatic N) is 2. The van der Waals surface area contributed by atoms with E-state index >= 15 is 0 Å². The Labute approximate surface area is 200 Å². The molecule has 2 aromatic rings. The summed E-state index contributed by atoms with van der Waals surface area (Å²) in [5.41, 5.74) is -2.34. The van der Waals surface area contributed by atoms with Crippen LogP contribution in [0.15, 0.2) is 48.5 Å². The first-order valence-corrected chi connectivity index (χ1v) is 11.2. The van der Waals surface area contributed by atoms with Crippen LogP contribution in [0.25, 0.3) is 0 Å². The van der Waals surface area contributed by atoms with E-state index in [9.17, 15) is 31.1 Å². The Morgan fingerprint density at radius 1 is 0.971 bits per heavy atom. The predicted molar refractivity (Wildman–Crippen MR) is 118 cm³/mol. The predicted octanol–water partition coefficient (Wildman–Crippen LogP) is 5.71. The second kappa shape index (κ2) is 10.6. The molecule has 0 unspecified atom stereocenters. The summed E-state index contributed by atoms with van der Waals surface area (Å²) in [6.07, 6.45) is -8.47. The molecule has 4 nitrogen and oxygen atoms in total. The van der Waals surface area contributed by atoms with Crippen molar-refractivity contribution in [2.75, 3.05) is 33.4 Å². The zero-order valence-electron chi connectivity index (χ0n) is 19.5. The Hall–Kier alpha value is -2.59. The summed E-state index contributed by atoms with van der Waals surface area (Å²) >= 11 is 0. The van der Waals surface area contributed by atoms with Gasteiger partial charge in [-0.05, 0) is 42.2 Å². The number of halogens is 6. The molecule has 1 saturated heterocycles. The number of carbonyl (C=O) groups excluding carboxylic acids is 1. The van der Waals surface area contributed by atoms with Gasteiger partial charge in [0.15, 0.2) is 0 Å². The van der Waals surface area contributed by atoms with Crippen molar-refractivity contribution < 1.29 is 35.9 Å². The van der Waals surface area contributed by atoms with Gasteiger partial charge in [0.25, 0.3) is 0 Å². The number of alkyl halides is 6. The minimum Gasteiger partial charge on any atom is -0.376 e. The summed E-state index contributed by atoms with van der Waals surface area (Å²) in [6.45, 7) is 3.06. The summed E-state index contributed by atoms with van der Waals surface area (Å²) in [5, 5.41) is 0. The normalized spacial score (nSPS) is 16.8. The Kier molecular flexibility index (Phi) is 8.16. The van der Waals surface area contributed by atoms with Gasteiger partial charge in [0.05, 0.1) is 31.0 Å². The van der Waals surface area contributed by atoms with Crippen molar-refractivity contribution in [3.05, 3.63) is 70.8 Å². The lowest BCUT2D eigenvalue weighted by Crippen LogP contribution is -2.48. The summed E-state index contributed by atoms with van der Waals surface area (Å²) < 4.78 is 84.8. The molecule has 3 rings (SSSR count). The smallest absolute Gasteiger partial charge is 0.376 e. The fourth-order valence-electron chi connectivity index (χ4n) is 4.30. The van der Waals surface area contributed by atoms with Gasteiger partial charge in [0.1, 0.15) is 0 Å². The highest BCUT2D eigenvalue weighted by atomic mass is 19.4. The number of hydrogen-bond acceptors (Lipinski definition) is 3. The van der Waals surface area contributed by atoms with Crippen LogP contribution in [0.3, 0.4) is 0 Å². The Morgan fingerprint density at radius 2 is 1.51 bits per heavy atom. The summed E-state index contributed by atoms with van der Waals surface area (Å²) in [6, 6.07) is 11.1. The van der Waals surface area contributed by atoms with Gasteiger partial charge < -0.3 is 9.64 Å². The standard InChI is InChI=1S/C25H28F6N2O2/c1-18(34)32(2)17-33-10-8-23(9-11-33,20-6-4-3-5-7-20)16-35-15-19-12-21(24(26,27)28)14-22(13-19)25(29,30)31/h3-7,12-14H,8-11,15-17H2,1-2H3. The Morgan fingerprint density at radius 3 is 2.00 bits per heavy atom. The molecule has 0 atom stereocenters. The SMILES string of the molecule is CC(=O)N(C)CN1CCC(COCc2cc(C(F)(F)F)cc(C(F)(F)F)c2)(c2ccccc2)CC1. The maximum Gasteiger partial charge on any atom is 0.416 e. The summed E-state index contributed by atoms with van der Waals surface area (Å²) in [7, 11) is 1.72. The third-order valence-electron chi connectivity index (χ3n) is 6.44. The molecule has 0 spiro atoms. The lowest BCUT2D eigenvalue weighted by atomic mass is 9.73. The van der Waals surface area contributed by atoms with Crippen molar-refractivity contribution >= 4 is 5.91 Å². The molecule has 1 amide bonds. The van der Waals surface area contributed by atoms with E-state index in [2.05, 4.69) is 4.90 Å². The van der Waals surface area contributed by atoms with E-state index in [-0.39, 0.29) is 30.8 Å². The van der Waals surface area contributed by atoms with Crippen LogP contribution in [0.2, 0.25) is 0 Å². The molecule has 1 aliphatic heterocycles. The molecular formula is C25H28F6N2O2. The van der Waals surface area contributed by atoms with Crippen LogP contribution in [0.1, 0.15) is 42.0 Å². The number of hydrogen-bond donors (Lipinski definition) is 0. The van der Waals surface area contributed by atoms with Crippen LogP contribution in [-0.2, 0) is 33.9 Å². The summed E-state index contributed by atoms with van der Waals surface area (Å²) in [4.78, 5) is 15.3. The van der Waals surface area contributed by atoms with Crippen molar-refractivity contribution in [2.45, 2.75) is 44.1 Å². The number of carbonyl (C=O) groups is 1. The van der Waals surface area contributed by atoms with Crippen LogP contribution >= 0.6 is 0 Å². The van der Waals surface area contributed by atoms with Crippen LogP contribution in [0, 0.1) is 0 Å². The molecule has 192 valence electrons. The van der Waals surface area contributed by atoms with Gasteiger partial charge in [-0.2, -0.15) is 26.3 Å². The van der Waals surface area contributed by atoms with Gasteiger partial charge in [-0.1, -0.05) is 30.3 Å². The third kappa shape index (κ3) is 6.98. The highest BCUT2D eigenvalue weighted by Crippen LogP contribution is 2.38. The van der Waals surface area contributed by atoms with Gasteiger partial charge in [0, 0.05) is 32.5 Å². The minimum atomic E-state index is -4.90. The van der Waals surface area contributed by atoms with Crippen molar-refractivity contribution in [3.63, 3.8) is 0 Å². The fraction of sp³-hybridized carbons (Fsp3) is 0.480. The van der Waals surface area contributed by atoms with Crippen molar-refractivity contribution in [3.8, 4) is 0 Å². The largest absolute Gasteiger partial charge is 0.416 e. The van der Waals surface area contributed by atoms with E-state index < -0.39 is 28.9 Å². The summed E-state index contributed by atoms with van der Waals surface area (Å²) in [5.74, 6) is -0.0486. The number of amides is 1. The van der Waals surface area contributed by atoms with E-state index in [0.29, 0.717) is 44.7 Å². The Balaban J connectivity index is 1.76. The van der Waals surface area contributed by atoms with Crippen LogP contribution in [0.4, 0.5) is 26.3 Å². The molecule has 1 fully saturated rings. The van der Waals surface area contributed by atoms with E-state index in [4.69, 9.17) is 4.74 Å². The molecule has 0 bridgehead atoms. The Bertz CT molecular complexity index is 967. The number of rotatable bonds is 7. The maximum atomic E-state index is 13.2. The highest BCUT2D eigenvalue weighted by Gasteiger charge is 2.38. The lowest BCUT2D eigenvalue weighted by molar-refractivity contribution is -0.143. The molecule has 1 aliphatic rings. The van der Waals surface area contributed by atoms with E-state index in [1.54, 1.807) is 11.9 Å². The third-order valence-corrected chi connectivity index (χ3v) is 6.44. The molecule has 0 saturated carbocycles. The average molecular weight is 502 g/mol. The van der Waals surface area contributed by atoms with E-state index in [1.165, 1.54) is 6.92 Å². The quantitative estimate of drug-likeness (QED) is 0.455. The molecule has 10 heteroatoms. The highest BCUT2D eigenvalue weighted by molar-refractivity contribution is 5.72. The minimum absolute atomic E-state index is 0.0486. The molecule has 0 aromatic heterocycles. The van der Waals surface area contributed by atoms with E-state index in [0.717, 1.165) is 5.56 Å². The van der Waals surface area contributed by atoms with Gasteiger partial charge in [-0.25, -0.2) is 0 Å². The van der Waals surface area contributed by atoms with Gasteiger partial charge in [0.2, 0.25) is 5.91 Å². The molecular weight excluding hydrogens is 474 g/mol. The van der Waals surface area contributed by atoms with Crippen LogP contribution in [0.5, 0.6) is 0 Å². The first-order valence-electron chi connectivity index (χ1n) is 11.2. The molecule has 0 N–H and O–H groups in total. The number of benzene rings is 2. The molecule has 2 aromatic carbocycles. The van der Waals surface area contributed by atoms with Crippen molar-refractivity contribution in [1.29, 1.82) is 0 Å². The van der Waals surface area contributed by atoms with Crippen LogP contribution < -0.4 is 0 Å². The fourth-order valence-corrected chi connectivity index (χ4v) is 4.30. The zero-order chi connectivity index (χ0) is 25.9. The first kappa shape index (κ1) is 27.0. The zero-order valence-corrected chi connectivity index (χ0v) is 19.5.